The molecule has 140 valence electrons. The Balaban J connectivity index is 1.91. The molecule has 0 heterocycles. The highest BCUT2D eigenvalue weighted by Gasteiger charge is 2.17. The van der Waals surface area contributed by atoms with Crippen molar-refractivity contribution in [3.05, 3.63) is 58.6 Å². The van der Waals surface area contributed by atoms with Crippen molar-refractivity contribution in [1.82, 2.24) is 4.90 Å². The number of hydrogen-bond donors (Lipinski definition) is 1. The molecule has 0 aliphatic heterocycles. The van der Waals surface area contributed by atoms with Crippen molar-refractivity contribution in [3.8, 4) is 0 Å². The van der Waals surface area contributed by atoms with Crippen molar-refractivity contribution in [2.75, 3.05) is 31.2 Å². The number of likely N-dealkylation sites (N-methyl/N-ethyl adjacent to an activating group) is 1. The van der Waals surface area contributed by atoms with Crippen LogP contribution < -0.4 is 5.32 Å². The van der Waals surface area contributed by atoms with Gasteiger partial charge in [0.25, 0.3) is 0 Å². The van der Waals surface area contributed by atoms with Crippen LogP contribution in [0.3, 0.4) is 0 Å². The molecule has 0 saturated heterocycles. The maximum absolute atomic E-state index is 12.3. The number of benzene rings is 2. The van der Waals surface area contributed by atoms with Crippen LogP contribution in [0.5, 0.6) is 0 Å². The van der Waals surface area contributed by atoms with E-state index in [2.05, 4.69) is 5.32 Å². The van der Waals surface area contributed by atoms with Crippen LogP contribution >= 0.6 is 11.6 Å². The molecule has 0 saturated carbocycles. The number of hydrogen-bond acceptors (Lipinski definition) is 4. The lowest BCUT2D eigenvalue weighted by Crippen LogP contribution is -2.33. The minimum absolute atomic E-state index is 0.0677. The van der Waals surface area contributed by atoms with Crippen LogP contribution in [0.2, 0.25) is 5.02 Å². The van der Waals surface area contributed by atoms with Crippen molar-refractivity contribution in [2.45, 2.75) is 18.7 Å². The summed E-state index contributed by atoms with van der Waals surface area (Å²) < 4.78 is 24.7. The number of anilines is 1. The van der Waals surface area contributed by atoms with Crippen molar-refractivity contribution in [1.29, 1.82) is 0 Å². The molecule has 0 radical (unpaired) electrons. The van der Waals surface area contributed by atoms with Gasteiger partial charge < -0.3 is 5.32 Å². The molecule has 2 rings (SSSR count). The topological polar surface area (TPSA) is 66.5 Å². The smallest absolute Gasteiger partial charge is 0.238 e. The van der Waals surface area contributed by atoms with Gasteiger partial charge in [-0.2, -0.15) is 0 Å². The molecule has 0 bridgehead atoms. The van der Waals surface area contributed by atoms with Gasteiger partial charge in [0, 0.05) is 17.3 Å². The third-order valence-electron chi connectivity index (χ3n) is 4.07. The first-order valence-electron chi connectivity index (χ1n) is 8.22. The Morgan fingerprint density at radius 3 is 2.23 bits per heavy atom. The largest absolute Gasteiger partial charge is 0.324 e. The van der Waals surface area contributed by atoms with Crippen LogP contribution in [0.1, 0.15) is 11.1 Å². The van der Waals surface area contributed by atoms with Gasteiger partial charge in [-0.3, -0.25) is 9.69 Å². The van der Waals surface area contributed by atoms with E-state index in [9.17, 15) is 13.2 Å². The number of amides is 1. The Bertz CT molecular complexity index is 860. The summed E-state index contributed by atoms with van der Waals surface area (Å²) in [5.74, 6) is -0.240. The van der Waals surface area contributed by atoms with Gasteiger partial charge in [0.15, 0.2) is 9.84 Å². The molecule has 0 atom stereocenters. The molecule has 0 spiro atoms. The van der Waals surface area contributed by atoms with Gasteiger partial charge in [0.05, 0.1) is 17.2 Å². The normalized spacial score (nSPS) is 11.6. The lowest BCUT2D eigenvalue weighted by molar-refractivity contribution is -0.117. The van der Waals surface area contributed by atoms with Gasteiger partial charge in [-0.05, 0) is 56.3 Å². The first kappa shape index (κ1) is 20.4. The average Bonchev–Trinajstić information content (AvgIpc) is 2.57. The quantitative estimate of drug-likeness (QED) is 0.782. The van der Waals surface area contributed by atoms with Crippen LogP contribution in [0.15, 0.2) is 47.4 Å². The third kappa shape index (κ3) is 5.56. The SMILES string of the molecule is Cc1cccc(C)c1NC(=O)CN(C)CCS(=O)(=O)c1ccc(Cl)cc1. The van der Waals surface area contributed by atoms with Crippen molar-refractivity contribution < 1.29 is 13.2 Å². The molecule has 26 heavy (non-hydrogen) atoms. The van der Waals surface area contributed by atoms with E-state index in [0.29, 0.717) is 5.02 Å². The standard InChI is InChI=1S/C19H23ClN2O3S/c1-14-5-4-6-15(2)19(14)21-18(23)13-22(3)11-12-26(24,25)17-9-7-16(20)8-10-17/h4-10H,11-13H2,1-3H3,(H,21,23). The summed E-state index contributed by atoms with van der Waals surface area (Å²) >= 11 is 5.79. The van der Waals surface area contributed by atoms with E-state index < -0.39 is 9.84 Å². The maximum atomic E-state index is 12.3. The first-order chi connectivity index (χ1) is 12.2. The molecule has 1 amide bonds. The minimum atomic E-state index is -3.41. The van der Waals surface area contributed by atoms with Gasteiger partial charge in [0.2, 0.25) is 5.91 Å². The number of aryl methyl sites for hydroxylation is 2. The molecule has 2 aromatic rings. The molecule has 0 aromatic heterocycles. The Morgan fingerprint density at radius 1 is 1.08 bits per heavy atom. The van der Waals surface area contributed by atoms with E-state index in [1.54, 1.807) is 24.1 Å². The second kappa shape index (κ2) is 8.66. The second-order valence-corrected chi connectivity index (χ2v) is 8.87. The fraction of sp³-hybridized carbons (Fsp3) is 0.316. The highest BCUT2D eigenvalue weighted by atomic mass is 35.5. The molecular formula is C19H23ClN2O3S. The summed E-state index contributed by atoms with van der Waals surface area (Å²) in [5, 5.41) is 3.39. The molecule has 0 aliphatic rings. The highest BCUT2D eigenvalue weighted by Crippen LogP contribution is 2.19. The van der Waals surface area contributed by atoms with Crippen LogP contribution in [0.25, 0.3) is 0 Å². The predicted molar refractivity (Wildman–Crippen MR) is 106 cm³/mol. The zero-order chi connectivity index (χ0) is 19.3. The van der Waals surface area contributed by atoms with Gasteiger partial charge in [0.1, 0.15) is 0 Å². The van der Waals surface area contributed by atoms with Crippen molar-refractivity contribution in [2.24, 2.45) is 0 Å². The van der Waals surface area contributed by atoms with Crippen LogP contribution in [0, 0.1) is 13.8 Å². The third-order valence-corrected chi connectivity index (χ3v) is 6.04. The van der Waals surface area contributed by atoms with Crippen LogP contribution in [0.4, 0.5) is 5.69 Å². The molecule has 5 nitrogen and oxygen atoms in total. The fourth-order valence-corrected chi connectivity index (χ4v) is 4.02. The lowest BCUT2D eigenvalue weighted by atomic mass is 10.1. The zero-order valence-corrected chi connectivity index (χ0v) is 16.7. The van der Waals surface area contributed by atoms with Crippen molar-refractivity contribution >= 4 is 33.0 Å². The molecule has 2 aromatic carbocycles. The van der Waals surface area contributed by atoms with E-state index in [1.807, 2.05) is 32.0 Å². The average molecular weight is 395 g/mol. The molecular weight excluding hydrogens is 372 g/mol. The number of halogens is 1. The summed E-state index contributed by atoms with van der Waals surface area (Å²) in [6.07, 6.45) is 0. The van der Waals surface area contributed by atoms with Crippen LogP contribution in [-0.2, 0) is 14.6 Å². The van der Waals surface area contributed by atoms with E-state index in [-0.39, 0.29) is 29.6 Å². The summed E-state index contributed by atoms with van der Waals surface area (Å²) in [7, 11) is -1.69. The molecule has 7 heteroatoms. The summed E-state index contributed by atoms with van der Waals surface area (Å²) in [6, 6.07) is 11.9. The predicted octanol–water partition coefficient (Wildman–Crippen LogP) is 3.30. The second-order valence-electron chi connectivity index (χ2n) is 6.33. The molecule has 0 aliphatic carbocycles. The molecule has 1 N–H and O–H groups in total. The number of carbonyl (C=O) groups excluding carboxylic acids is 1. The summed E-state index contributed by atoms with van der Waals surface area (Å²) in [6.45, 7) is 4.24. The number of para-hydroxylation sites is 1. The Labute approximate surface area is 159 Å². The van der Waals surface area contributed by atoms with E-state index in [0.717, 1.165) is 16.8 Å². The van der Waals surface area contributed by atoms with Gasteiger partial charge in [-0.1, -0.05) is 29.8 Å². The lowest BCUT2D eigenvalue weighted by Gasteiger charge is -2.17. The van der Waals surface area contributed by atoms with Crippen molar-refractivity contribution in [3.63, 3.8) is 0 Å². The monoisotopic (exact) mass is 394 g/mol. The number of nitrogens with zero attached hydrogens (tertiary/aromatic N) is 1. The Hall–Kier alpha value is -1.89. The molecule has 0 unspecified atom stereocenters. The van der Waals surface area contributed by atoms with E-state index in [4.69, 9.17) is 11.6 Å². The molecule has 0 fully saturated rings. The summed E-state index contributed by atoms with van der Waals surface area (Å²) in [5.41, 5.74) is 2.79. The van der Waals surface area contributed by atoms with Crippen LogP contribution in [-0.4, -0.2) is 45.1 Å². The van der Waals surface area contributed by atoms with Gasteiger partial charge in [-0.25, -0.2) is 8.42 Å². The Kier molecular flexibility index (Phi) is 6.81. The van der Waals surface area contributed by atoms with E-state index >= 15 is 0 Å². The number of rotatable bonds is 7. The van der Waals surface area contributed by atoms with Gasteiger partial charge >= 0.3 is 0 Å². The maximum Gasteiger partial charge on any atom is 0.238 e. The zero-order valence-electron chi connectivity index (χ0n) is 15.1. The minimum Gasteiger partial charge on any atom is -0.324 e. The number of nitrogens with one attached hydrogen (secondary N) is 1. The fourth-order valence-electron chi connectivity index (χ4n) is 2.55. The van der Waals surface area contributed by atoms with E-state index in [1.165, 1.54) is 12.1 Å². The number of carbonyl (C=O) groups is 1. The summed E-state index contributed by atoms with van der Waals surface area (Å²) in [4.78, 5) is 14.2. The first-order valence-corrected chi connectivity index (χ1v) is 10.2. The Morgan fingerprint density at radius 2 is 1.65 bits per heavy atom. The number of sulfone groups is 1. The highest BCUT2D eigenvalue weighted by molar-refractivity contribution is 7.91. The van der Waals surface area contributed by atoms with Gasteiger partial charge in [-0.15, -0.1) is 0 Å².